The van der Waals surface area contributed by atoms with Crippen LogP contribution >= 0.6 is 0 Å². The summed E-state index contributed by atoms with van der Waals surface area (Å²) in [7, 11) is 6.76. The van der Waals surface area contributed by atoms with Gasteiger partial charge in [-0.3, -0.25) is 4.79 Å². The molecular weight excluding hydrogens is 760 g/mol. The third-order valence-electron chi connectivity index (χ3n) is 12.6. The Morgan fingerprint density at radius 3 is 2.14 bits per heavy atom. The molecule has 3 saturated heterocycles. The molecule has 0 bridgehead atoms. The lowest BCUT2D eigenvalue weighted by Crippen LogP contribution is -2.61. The van der Waals surface area contributed by atoms with Crippen molar-refractivity contribution >= 4 is 11.7 Å². The zero-order valence-electron chi connectivity index (χ0n) is 37.3. The third kappa shape index (κ3) is 12.1. The van der Waals surface area contributed by atoms with E-state index in [9.17, 15) is 30.3 Å². The highest BCUT2D eigenvalue weighted by molar-refractivity contribution is 5.88. The van der Waals surface area contributed by atoms with Crippen molar-refractivity contribution < 1.29 is 73.1 Å². The average molecular weight is 837 g/mol. The maximum atomic E-state index is 14.3. The van der Waals surface area contributed by atoms with Crippen LogP contribution in [0.15, 0.2) is 5.16 Å². The molecule has 0 spiro atoms. The van der Waals surface area contributed by atoms with E-state index in [2.05, 4.69) is 5.16 Å². The molecule has 3 fully saturated rings. The summed E-state index contributed by atoms with van der Waals surface area (Å²) in [4.78, 5) is 21.8. The van der Waals surface area contributed by atoms with Crippen molar-refractivity contribution in [2.75, 3.05) is 48.3 Å². The minimum atomic E-state index is -1.97. The van der Waals surface area contributed by atoms with Crippen LogP contribution in [0.5, 0.6) is 0 Å². The van der Waals surface area contributed by atoms with E-state index in [0.29, 0.717) is 18.7 Å². The lowest BCUT2D eigenvalue weighted by molar-refractivity contribution is -0.317. The van der Waals surface area contributed by atoms with Crippen LogP contribution in [-0.2, 0) is 47.5 Å². The summed E-state index contributed by atoms with van der Waals surface area (Å²) in [5.74, 6) is -4.14. The molecule has 0 aromatic heterocycles. The first-order valence-electron chi connectivity index (χ1n) is 20.8. The Hall–Kier alpha value is -1.58. The SMILES string of the molecule is CC[C@H]1OC(=O)[C@H](C)[C@@H](OC2CC(C)(OC)C(O)C(C)O2)[C@H](C)[C@@H](OC2OC(C)CC(N(C)C)C2O)[C@](C)(O)CC(C)/C(=N\OCOCCOC)[C@H](C)[C@@H](O)[C@]1(C)O. The summed E-state index contributed by atoms with van der Waals surface area (Å²) >= 11 is 0. The van der Waals surface area contributed by atoms with Gasteiger partial charge in [-0.1, -0.05) is 32.9 Å². The molecule has 0 radical (unpaired) electrons. The van der Waals surface area contributed by atoms with Crippen molar-refractivity contribution in [1.29, 1.82) is 0 Å². The molecule has 3 heterocycles. The Bertz CT molecular complexity index is 1300. The zero-order valence-corrected chi connectivity index (χ0v) is 37.3. The molecule has 0 amide bonds. The van der Waals surface area contributed by atoms with Gasteiger partial charge < -0.3 is 73.2 Å². The van der Waals surface area contributed by atoms with Gasteiger partial charge in [-0.05, 0) is 74.9 Å². The number of carbonyl (C=O) groups is 1. The van der Waals surface area contributed by atoms with E-state index in [0.717, 1.165) is 0 Å². The second-order valence-electron chi connectivity index (χ2n) is 17.7. The van der Waals surface area contributed by atoms with Crippen molar-refractivity contribution in [2.45, 2.75) is 179 Å². The van der Waals surface area contributed by atoms with Gasteiger partial charge in [0.25, 0.3) is 0 Å². The molecule has 0 saturated carbocycles. The van der Waals surface area contributed by atoms with Crippen LogP contribution in [0.3, 0.4) is 0 Å². The molecular formula is C41H76N2O15. The molecule has 17 heteroatoms. The summed E-state index contributed by atoms with van der Waals surface area (Å²) in [6, 6.07) is -0.328. The molecule has 0 aliphatic carbocycles. The molecule has 3 rings (SSSR count). The molecule has 3 aliphatic heterocycles. The number of nitrogens with zero attached hydrogens (tertiary/aromatic N) is 2. The van der Waals surface area contributed by atoms with Crippen LogP contribution in [0.2, 0.25) is 0 Å². The molecule has 0 aromatic carbocycles. The van der Waals surface area contributed by atoms with Crippen LogP contribution in [0.1, 0.15) is 94.9 Å². The van der Waals surface area contributed by atoms with E-state index in [1.807, 2.05) is 32.8 Å². The van der Waals surface area contributed by atoms with E-state index in [-0.39, 0.29) is 44.8 Å². The fourth-order valence-corrected chi connectivity index (χ4v) is 8.93. The first-order chi connectivity index (χ1) is 27.0. The van der Waals surface area contributed by atoms with Crippen molar-refractivity contribution in [1.82, 2.24) is 4.90 Å². The van der Waals surface area contributed by atoms with E-state index < -0.39 is 102 Å². The second-order valence-corrected chi connectivity index (χ2v) is 17.7. The van der Waals surface area contributed by atoms with Gasteiger partial charge in [-0.2, -0.15) is 0 Å². The van der Waals surface area contributed by atoms with Crippen LogP contribution in [0.4, 0.5) is 0 Å². The van der Waals surface area contributed by atoms with Crippen molar-refractivity contribution in [3.63, 3.8) is 0 Å². The zero-order chi connectivity index (χ0) is 43.9. The quantitative estimate of drug-likeness (QED) is 0.0778. The fraction of sp³-hybridized carbons (Fsp3) is 0.951. The lowest BCUT2D eigenvalue weighted by Gasteiger charge is -2.49. The van der Waals surface area contributed by atoms with Gasteiger partial charge in [0.15, 0.2) is 12.6 Å². The third-order valence-corrected chi connectivity index (χ3v) is 12.6. The number of ether oxygens (including phenoxy) is 8. The first-order valence-corrected chi connectivity index (χ1v) is 20.8. The number of rotatable bonds is 13. The van der Waals surface area contributed by atoms with Gasteiger partial charge in [-0.15, -0.1) is 0 Å². The van der Waals surface area contributed by atoms with Gasteiger partial charge in [-0.25, -0.2) is 0 Å². The number of carbonyl (C=O) groups excluding carboxylic acids is 1. The van der Waals surface area contributed by atoms with E-state index in [1.165, 1.54) is 14.0 Å². The molecule has 18 atom stereocenters. The minimum absolute atomic E-state index is 0.0307. The summed E-state index contributed by atoms with van der Waals surface area (Å²) in [6.45, 7) is 17.3. The molecule has 9 unspecified atom stereocenters. The smallest absolute Gasteiger partial charge is 0.311 e. The number of esters is 1. The molecule has 58 heavy (non-hydrogen) atoms. The van der Waals surface area contributed by atoms with Crippen molar-refractivity contribution in [2.24, 2.45) is 28.8 Å². The number of cyclic esters (lactones) is 1. The van der Waals surface area contributed by atoms with Gasteiger partial charge in [0, 0.05) is 44.4 Å². The summed E-state index contributed by atoms with van der Waals surface area (Å²) < 4.78 is 48.1. The van der Waals surface area contributed by atoms with Crippen LogP contribution in [0, 0.1) is 23.7 Å². The number of aliphatic hydroxyl groups is 5. The molecule has 17 nitrogen and oxygen atoms in total. The highest BCUT2D eigenvalue weighted by atomic mass is 16.7. The van der Waals surface area contributed by atoms with Crippen LogP contribution in [-0.4, -0.2) is 175 Å². The van der Waals surface area contributed by atoms with E-state index in [4.69, 9.17) is 42.7 Å². The Morgan fingerprint density at radius 1 is 0.897 bits per heavy atom. The number of hydrogen-bond acceptors (Lipinski definition) is 17. The average Bonchev–Trinajstić information content (AvgIpc) is 3.15. The summed E-state index contributed by atoms with van der Waals surface area (Å²) in [6.07, 6.45) is -9.49. The summed E-state index contributed by atoms with van der Waals surface area (Å²) in [5, 5.41) is 63.6. The Balaban J connectivity index is 2.22. The van der Waals surface area contributed by atoms with Gasteiger partial charge >= 0.3 is 5.97 Å². The van der Waals surface area contributed by atoms with Crippen molar-refractivity contribution in [3.8, 4) is 0 Å². The minimum Gasteiger partial charge on any atom is -0.459 e. The van der Waals surface area contributed by atoms with Gasteiger partial charge in [0.1, 0.15) is 23.9 Å². The van der Waals surface area contributed by atoms with E-state index in [1.54, 1.807) is 55.6 Å². The number of methoxy groups -OCH3 is 2. The Kier molecular flexibility index (Phi) is 18.8. The number of oxime groups is 1. The molecule has 0 aromatic rings. The molecule has 3 aliphatic rings. The van der Waals surface area contributed by atoms with Crippen LogP contribution in [0.25, 0.3) is 0 Å². The van der Waals surface area contributed by atoms with Crippen molar-refractivity contribution in [3.05, 3.63) is 0 Å². The fourth-order valence-electron chi connectivity index (χ4n) is 8.93. The van der Waals surface area contributed by atoms with Gasteiger partial charge in [0.2, 0.25) is 6.79 Å². The summed E-state index contributed by atoms with van der Waals surface area (Å²) in [5.41, 5.74) is -4.49. The monoisotopic (exact) mass is 837 g/mol. The lowest BCUT2D eigenvalue weighted by atomic mass is 9.73. The standard InChI is InChI=1S/C41H76N2O15/c1-15-29-41(10,49)34(45)24(4)31(42-53-21-52-17-16-50-13)22(2)19-39(8,48)36(58-38-32(44)28(43(11)12)18-23(3)54-38)25(5)33(26(6)37(47)56-29)57-30-20-40(9,51-14)35(46)27(7)55-30/h22-30,32-36,38,44-46,48-49H,15-21H2,1-14H3/b42-31+/t22?,23?,24-,25-,26+,27?,28?,29+,30?,32?,33-,34+,35?,36+,38?,39+,40?,41+/m0/s1. The van der Waals surface area contributed by atoms with Crippen LogP contribution < -0.4 is 0 Å². The molecule has 5 N–H and O–H groups in total. The highest BCUT2D eigenvalue weighted by Gasteiger charge is 2.53. The first kappa shape index (κ1) is 50.8. The largest absolute Gasteiger partial charge is 0.459 e. The number of aliphatic hydroxyl groups excluding tert-OH is 3. The molecule has 340 valence electrons. The predicted octanol–water partition coefficient (Wildman–Crippen LogP) is 2.21. The topological polar surface area (TPSA) is 217 Å². The Labute approximate surface area is 345 Å². The number of hydrogen-bond donors (Lipinski definition) is 5. The van der Waals surface area contributed by atoms with Gasteiger partial charge in [0.05, 0.1) is 66.6 Å². The normalized spacial score (nSPS) is 45.8. The maximum Gasteiger partial charge on any atom is 0.311 e. The highest BCUT2D eigenvalue weighted by Crippen LogP contribution is 2.41. The van der Waals surface area contributed by atoms with E-state index >= 15 is 0 Å². The number of likely N-dealkylation sites (N-methyl/N-ethyl adjacent to an activating group) is 1. The predicted molar refractivity (Wildman–Crippen MR) is 212 cm³/mol. The maximum absolute atomic E-state index is 14.3. The Morgan fingerprint density at radius 2 is 1.55 bits per heavy atom. The second kappa shape index (κ2) is 21.5.